The van der Waals surface area contributed by atoms with Crippen molar-refractivity contribution in [1.29, 1.82) is 0 Å². The minimum Gasteiger partial charge on any atom is -0.493 e. The molecule has 1 aromatic rings. The van der Waals surface area contributed by atoms with E-state index < -0.39 is 0 Å². The zero-order chi connectivity index (χ0) is 17.7. The first-order valence-electron chi connectivity index (χ1n) is 8.14. The van der Waals surface area contributed by atoms with E-state index in [4.69, 9.17) is 9.47 Å². The predicted octanol–water partition coefficient (Wildman–Crippen LogP) is 3.28. The molecule has 0 radical (unpaired) electrons. The van der Waals surface area contributed by atoms with Gasteiger partial charge in [0.05, 0.1) is 20.3 Å². The van der Waals surface area contributed by atoms with E-state index >= 15 is 0 Å². The Kier molecular flexibility index (Phi) is 6.54. The molecule has 0 saturated carbocycles. The summed E-state index contributed by atoms with van der Waals surface area (Å²) >= 11 is 1.30. The first-order chi connectivity index (χ1) is 11.5. The highest BCUT2D eigenvalue weighted by molar-refractivity contribution is 8.13. The van der Waals surface area contributed by atoms with Gasteiger partial charge in [-0.3, -0.25) is 9.59 Å². The van der Waals surface area contributed by atoms with Crippen molar-refractivity contribution in [3.63, 3.8) is 0 Å². The molecule has 1 fully saturated rings. The SMILES string of the molecule is CCC(c1ccc(OC)c(OC)c1)N1CC(CSC(C)=O)CC1=O. The lowest BCUT2D eigenvalue weighted by Crippen LogP contribution is -2.30. The van der Waals surface area contributed by atoms with Crippen molar-refractivity contribution in [3.8, 4) is 11.5 Å². The van der Waals surface area contributed by atoms with E-state index in [1.54, 1.807) is 21.1 Å². The summed E-state index contributed by atoms with van der Waals surface area (Å²) in [4.78, 5) is 25.5. The quantitative estimate of drug-likeness (QED) is 0.754. The zero-order valence-corrected chi connectivity index (χ0v) is 15.5. The van der Waals surface area contributed by atoms with Crippen LogP contribution in [0.25, 0.3) is 0 Å². The number of ether oxygens (including phenoxy) is 2. The average Bonchev–Trinajstić information content (AvgIpc) is 2.94. The molecule has 6 heteroatoms. The van der Waals surface area contributed by atoms with Gasteiger partial charge in [-0.2, -0.15) is 0 Å². The molecule has 0 aromatic heterocycles. The van der Waals surface area contributed by atoms with E-state index in [2.05, 4.69) is 6.92 Å². The molecule has 24 heavy (non-hydrogen) atoms. The lowest BCUT2D eigenvalue weighted by molar-refractivity contribution is -0.129. The molecule has 2 atom stereocenters. The number of methoxy groups -OCH3 is 2. The molecule has 5 nitrogen and oxygen atoms in total. The maximum absolute atomic E-state index is 12.5. The van der Waals surface area contributed by atoms with Crippen LogP contribution in [-0.4, -0.2) is 42.4 Å². The summed E-state index contributed by atoms with van der Waals surface area (Å²) in [7, 11) is 3.22. The highest BCUT2D eigenvalue weighted by Crippen LogP contribution is 2.36. The van der Waals surface area contributed by atoms with Crippen molar-refractivity contribution in [2.24, 2.45) is 5.92 Å². The topological polar surface area (TPSA) is 55.8 Å². The third-order valence-corrected chi connectivity index (χ3v) is 5.36. The minimum absolute atomic E-state index is 0.0182. The summed E-state index contributed by atoms with van der Waals surface area (Å²) in [5.41, 5.74) is 1.04. The van der Waals surface area contributed by atoms with E-state index in [1.165, 1.54) is 11.8 Å². The number of carbonyl (C=O) groups excluding carboxylic acids is 2. The van der Waals surface area contributed by atoms with Gasteiger partial charge in [0.2, 0.25) is 5.91 Å². The highest BCUT2D eigenvalue weighted by atomic mass is 32.2. The van der Waals surface area contributed by atoms with E-state index in [0.29, 0.717) is 30.2 Å². The molecule has 1 amide bonds. The molecule has 0 N–H and O–H groups in total. The standard InChI is InChI=1S/C18H25NO4S/c1-5-15(14-6-7-16(22-3)17(9-14)23-4)19-10-13(8-18(19)21)11-24-12(2)20/h6-7,9,13,15H,5,8,10-11H2,1-4H3. The lowest BCUT2D eigenvalue weighted by atomic mass is 10.0. The van der Waals surface area contributed by atoms with Gasteiger partial charge in [0.25, 0.3) is 0 Å². The molecule has 2 rings (SSSR count). The fourth-order valence-corrected chi connectivity index (χ4v) is 3.85. The van der Waals surface area contributed by atoms with Gasteiger partial charge < -0.3 is 14.4 Å². The monoisotopic (exact) mass is 351 g/mol. The maximum atomic E-state index is 12.5. The van der Waals surface area contributed by atoms with E-state index in [9.17, 15) is 9.59 Å². The number of nitrogens with zero attached hydrogens (tertiary/aromatic N) is 1. The Balaban J connectivity index is 2.16. The second-order valence-electron chi connectivity index (χ2n) is 5.96. The second kappa shape index (κ2) is 8.42. The Morgan fingerprint density at radius 1 is 1.33 bits per heavy atom. The fraction of sp³-hybridized carbons (Fsp3) is 0.556. The van der Waals surface area contributed by atoms with Crippen LogP contribution in [0.1, 0.15) is 38.3 Å². The number of rotatable bonds is 7. The lowest BCUT2D eigenvalue weighted by Gasteiger charge is -2.28. The molecule has 0 bridgehead atoms. The summed E-state index contributed by atoms with van der Waals surface area (Å²) < 4.78 is 10.7. The molecule has 0 spiro atoms. The summed E-state index contributed by atoms with van der Waals surface area (Å²) in [5, 5.41) is 0.104. The molecular formula is C18H25NO4S. The van der Waals surface area contributed by atoms with Crippen LogP contribution in [0.4, 0.5) is 0 Å². The van der Waals surface area contributed by atoms with Crippen LogP contribution in [0.3, 0.4) is 0 Å². The maximum Gasteiger partial charge on any atom is 0.223 e. The van der Waals surface area contributed by atoms with Crippen LogP contribution in [0, 0.1) is 5.92 Å². The fourth-order valence-electron chi connectivity index (χ4n) is 3.15. The number of hydrogen-bond acceptors (Lipinski definition) is 5. The number of likely N-dealkylation sites (tertiary alicyclic amines) is 1. The van der Waals surface area contributed by atoms with Gasteiger partial charge in [-0.1, -0.05) is 24.8 Å². The van der Waals surface area contributed by atoms with E-state index in [-0.39, 0.29) is 23.0 Å². The van der Waals surface area contributed by atoms with Crippen molar-refractivity contribution in [1.82, 2.24) is 4.90 Å². The van der Waals surface area contributed by atoms with Crippen LogP contribution in [-0.2, 0) is 9.59 Å². The smallest absolute Gasteiger partial charge is 0.223 e. The van der Waals surface area contributed by atoms with Crippen LogP contribution in [0.15, 0.2) is 18.2 Å². The molecule has 0 aliphatic carbocycles. The minimum atomic E-state index is 0.0182. The number of amides is 1. The van der Waals surface area contributed by atoms with Crippen molar-refractivity contribution in [2.75, 3.05) is 26.5 Å². The molecule has 1 aliphatic heterocycles. The third-order valence-electron chi connectivity index (χ3n) is 4.32. The van der Waals surface area contributed by atoms with E-state index in [1.807, 2.05) is 23.1 Å². The molecule has 1 aromatic carbocycles. The summed E-state index contributed by atoms with van der Waals surface area (Å²) in [5.74, 6) is 2.45. The first kappa shape index (κ1) is 18.6. The van der Waals surface area contributed by atoms with Crippen molar-refractivity contribution in [3.05, 3.63) is 23.8 Å². The zero-order valence-electron chi connectivity index (χ0n) is 14.7. The Morgan fingerprint density at radius 2 is 2.04 bits per heavy atom. The Bertz CT molecular complexity index is 605. The number of hydrogen-bond donors (Lipinski definition) is 0. The second-order valence-corrected chi connectivity index (χ2v) is 7.15. The van der Waals surface area contributed by atoms with Crippen molar-refractivity contribution >= 4 is 22.8 Å². The van der Waals surface area contributed by atoms with Gasteiger partial charge in [0.1, 0.15) is 0 Å². The molecule has 1 heterocycles. The molecule has 2 unspecified atom stereocenters. The number of carbonyl (C=O) groups is 2. The Morgan fingerprint density at radius 3 is 2.62 bits per heavy atom. The van der Waals surface area contributed by atoms with Crippen LogP contribution in [0.2, 0.25) is 0 Å². The highest BCUT2D eigenvalue weighted by Gasteiger charge is 2.34. The third kappa shape index (κ3) is 4.23. The van der Waals surface area contributed by atoms with Gasteiger partial charge >= 0.3 is 0 Å². The van der Waals surface area contributed by atoms with Crippen LogP contribution in [0.5, 0.6) is 11.5 Å². The van der Waals surface area contributed by atoms with Crippen LogP contribution >= 0.6 is 11.8 Å². The Labute approximate surface area is 147 Å². The molecule has 1 aliphatic rings. The summed E-state index contributed by atoms with van der Waals surface area (Å²) in [6.07, 6.45) is 1.35. The van der Waals surface area contributed by atoms with Gasteiger partial charge in [-0.25, -0.2) is 0 Å². The normalized spacial score (nSPS) is 18.6. The average molecular weight is 351 g/mol. The summed E-state index contributed by atoms with van der Waals surface area (Å²) in [6.45, 7) is 4.34. The first-order valence-corrected chi connectivity index (χ1v) is 9.13. The molecular weight excluding hydrogens is 326 g/mol. The predicted molar refractivity (Wildman–Crippen MR) is 95.5 cm³/mol. The van der Waals surface area contributed by atoms with Gasteiger partial charge in [0.15, 0.2) is 16.6 Å². The van der Waals surface area contributed by atoms with Crippen molar-refractivity contribution < 1.29 is 19.1 Å². The van der Waals surface area contributed by atoms with Crippen molar-refractivity contribution in [2.45, 2.75) is 32.7 Å². The Hall–Kier alpha value is -1.69. The molecule has 132 valence electrons. The van der Waals surface area contributed by atoms with Crippen LogP contribution < -0.4 is 9.47 Å². The van der Waals surface area contributed by atoms with Gasteiger partial charge in [0, 0.05) is 25.6 Å². The largest absolute Gasteiger partial charge is 0.493 e. The number of benzene rings is 1. The van der Waals surface area contributed by atoms with Gasteiger partial charge in [-0.15, -0.1) is 0 Å². The van der Waals surface area contributed by atoms with Gasteiger partial charge in [-0.05, 0) is 30.0 Å². The van der Waals surface area contributed by atoms with E-state index in [0.717, 1.165) is 12.0 Å². The number of thioether (sulfide) groups is 1. The summed E-state index contributed by atoms with van der Waals surface area (Å²) in [6, 6.07) is 5.82. The molecule has 1 saturated heterocycles.